The summed E-state index contributed by atoms with van der Waals surface area (Å²) in [6, 6.07) is 2.99. The SMILES string of the molecule is O=c1cc(CN(CC2CCCN2)C2CC2)nc2sccn12. The van der Waals surface area contributed by atoms with E-state index in [1.165, 1.54) is 37.0 Å². The number of thiazole rings is 1. The monoisotopic (exact) mass is 304 g/mol. The van der Waals surface area contributed by atoms with Crippen LogP contribution in [0.25, 0.3) is 4.96 Å². The summed E-state index contributed by atoms with van der Waals surface area (Å²) in [6.45, 7) is 3.02. The first-order chi connectivity index (χ1) is 10.3. The average molecular weight is 304 g/mol. The molecule has 0 aromatic carbocycles. The summed E-state index contributed by atoms with van der Waals surface area (Å²) in [5, 5.41) is 5.48. The molecule has 1 unspecified atom stereocenters. The van der Waals surface area contributed by atoms with Crippen molar-refractivity contribution in [2.45, 2.75) is 44.3 Å². The average Bonchev–Trinajstić information content (AvgIpc) is 2.98. The Morgan fingerprint density at radius 3 is 3.10 bits per heavy atom. The molecule has 6 heteroatoms. The number of rotatable bonds is 5. The summed E-state index contributed by atoms with van der Waals surface area (Å²) in [6.07, 6.45) is 6.91. The molecule has 1 saturated heterocycles. The predicted octanol–water partition coefficient (Wildman–Crippen LogP) is 1.47. The number of nitrogens with one attached hydrogen (secondary N) is 1. The topological polar surface area (TPSA) is 49.6 Å². The van der Waals surface area contributed by atoms with Gasteiger partial charge in [0.05, 0.1) is 5.69 Å². The Bertz CT molecular complexity index is 684. The fourth-order valence-corrected chi connectivity index (χ4v) is 3.89. The molecule has 21 heavy (non-hydrogen) atoms. The minimum absolute atomic E-state index is 0.0333. The van der Waals surface area contributed by atoms with Crippen LogP contribution in [0.5, 0.6) is 0 Å². The van der Waals surface area contributed by atoms with Crippen LogP contribution in [-0.4, -0.2) is 39.5 Å². The van der Waals surface area contributed by atoms with Gasteiger partial charge >= 0.3 is 0 Å². The lowest BCUT2D eigenvalue weighted by Gasteiger charge is -2.25. The van der Waals surface area contributed by atoms with Crippen molar-refractivity contribution in [3.63, 3.8) is 0 Å². The third kappa shape index (κ3) is 2.88. The van der Waals surface area contributed by atoms with Crippen LogP contribution in [0, 0.1) is 0 Å². The van der Waals surface area contributed by atoms with Crippen molar-refractivity contribution in [2.75, 3.05) is 13.1 Å². The van der Waals surface area contributed by atoms with Gasteiger partial charge in [0.2, 0.25) is 0 Å². The van der Waals surface area contributed by atoms with E-state index in [1.807, 2.05) is 5.38 Å². The highest BCUT2D eigenvalue weighted by Gasteiger charge is 2.31. The van der Waals surface area contributed by atoms with Crippen LogP contribution in [0.3, 0.4) is 0 Å². The van der Waals surface area contributed by atoms with Gasteiger partial charge < -0.3 is 5.32 Å². The van der Waals surface area contributed by atoms with Gasteiger partial charge in [-0.05, 0) is 32.2 Å². The maximum absolute atomic E-state index is 12.1. The van der Waals surface area contributed by atoms with Crippen molar-refractivity contribution >= 4 is 16.3 Å². The third-order valence-corrected chi connectivity index (χ3v) is 5.16. The molecule has 1 saturated carbocycles. The second kappa shape index (κ2) is 5.51. The lowest BCUT2D eigenvalue weighted by Crippen LogP contribution is -2.38. The van der Waals surface area contributed by atoms with Gasteiger partial charge in [0.15, 0.2) is 4.96 Å². The van der Waals surface area contributed by atoms with E-state index < -0.39 is 0 Å². The van der Waals surface area contributed by atoms with Crippen molar-refractivity contribution in [2.24, 2.45) is 0 Å². The van der Waals surface area contributed by atoms with Crippen LogP contribution in [0.4, 0.5) is 0 Å². The highest BCUT2D eigenvalue weighted by Crippen LogP contribution is 2.28. The molecule has 2 aromatic heterocycles. The van der Waals surface area contributed by atoms with E-state index in [4.69, 9.17) is 0 Å². The Balaban J connectivity index is 1.54. The molecule has 112 valence electrons. The van der Waals surface area contributed by atoms with Crippen molar-refractivity contribution in [1.82, 2.24) is 19.6 Å². The zero-order valence-corrected chi connectivity index (χ0v) is 12.8. The molecule has 0 bridgehead atoms. The summed E-state index contributed by atoms with van der Waals surface area (Å²) >= 11 is 1.52. The molecule has 3 heterocycles. The predicted molar refractivity (Wildman–Crippen MR) is 83.8 cm³/mol. The molecule has 4 rings (SSSR count). The number of hydrogen-bond donors (Lipinski definition) is 1. The number of fused-ring (bicyclic) bond motifs is 1. The normalized spacial score (nSPS) is 22.4. The minimum Gasteiger partial charge on any atom is -0.313 e. The molecule has 1 atom stereocenters. The summed E-state index contributed by atoms with van der Waals surface area (Å²) in [7, 11) is 0. The summed E-state index contributed by atoms with van der Waals surface area (Å²) in [4.78, 5) is 20.0. The Kier molecular flexibility index (Phi) is 3.52. The fourth-order valence-electron chi connectivity index (χ4n) is 3.15. The molecule has 0 radical (unpaired) electrons. The van der Waals surface area contributed by atoms with Crippen molar-refractivity contribution in [3.8, 4) is 0 Å². The molecule has 5 nitrogen and oxygen atoms in total. The summed E-state index contributed by atoms with van der Waals surface area (Å²) in [5.74, 6) is 0. The quantitative estimate of drug-likeness (QED) is 0.909. The summed E-state index contributed by atoms with van der Waals surface area (Å²) in [5.41, 5.74) is 0.943. The van der Waals surface area contributed by atoms with E-state index in [-0.39, 0.29) is 5.56 Å². The van der Waals surface area contributed by atoms with Crippen molar-refractivity contribution in [1.29, 1.82) is 0 Å². The lowest BCUT2D eigenvalue weighted by molar-refractivity contribution is 0.228. The van der Waals surface area contributed by atoms with Gasteiger partial charge in [0.25, 0.3) is 5.56 Å². The van der Waals surface area contributed by atoms with Gasteiger partial charge in [-0.15, -0.1) is 11.3 Å². The molecule has 0 amide bonds. The maximum Gasteiger partial charge on any atom is 0.258 e. The van der Waals surface area contributed by atoms with Crippen molar-refractivity contribution < 1.29 is 0 Å². The van der Waals surface area contributed by atoms with Gasteiger partial charge in [0.1, 0.15) is 0 Å². The van der Waals surface area contributed by atoms with E-state index in [2.05, 4.69) is 15.2 Å². The Labute approximate surface area is 127 Å². The molecular formula is C15H20N4OS. The maximum atomic E-state index is 12.1. The van der Waals surface area contributed by atoms with E-state index in [0.29, 0.717) is 12.1 Å². The Morgan fingerprint density at radius 1 is 1.43 bits per heavy atom. The molecule has 1 aliphatic heterocycles. The van der Waals surface area contributed by atoms with Crippen LogP contribution in [0.15, 0.2) is 22.4 Å². The second-order valence-corrected chi connectivity index (χ2v) is 6.97. The van der Waals surface area contributed by atoms with Gasteiger partial charge in [0, 0.05) is 42.8 Å². The zero-order valence-electron chi connectivity index (χ0n) is 12.0. The lowest BCUT2D eigenvalue weighted by atomic mass is 10.2. The minimum atomic E-state index is 0.0333. The molecule has 2 aliphatic rings. The number of aromatic nitrogens is 2. The first kappa shape index (κ1) is 13.4. The first-order valence-corrected chi connectivity index (χ1v) is 8.61. The van der Waals surface area contributed by atoms with E-state index in [9.17, 15) is 4.79 Å². The Hall–Kier alpha value is -1.24. The molecule has 1 aliphatic carbocycles. The smallest absolute Gasteiger partial charge is 0.258 e. The number of hydrogen-bond acceptors (Lipinski definition) is 5. The fraction of sp³-hybridized carbons (Fsp3) is 0.600. The zero-order chi connectivity index (χ0) is 14.2. The van der Waals surface area contributed by atoms with Crippen molar-refractivity contribution in [3.05, 3.63) is 33.7 Å². The largest absolute Gasteiger partial charge is 0.313 e. The molecular weight excluding hydrogens is 284 g/mol. The number of nitrogens with zero attached hydrogens (tertiary/aromatic N) is 3. The van der Waals surface area contributed by atoms with Crippen LogP contribution < -0.4 is 10.9 Å². The standard InChI is InChI=1S/C15H20N4OS/c20-14-8-12(17-15-19(14)6-7-21-15)10-18(13-3-4-13)9-11-2-1-5-16-11/h6-8,11,13,16H,1-5,9-10H2. The third-order valence-electron chi connectivity index (χ3n) is 4.40. The Morgan fingerprint density at radius 2 is 2.33 bits per heavy atom. The molecule has 2 fully saturated rings. The summed E-state index contributed by atoms with van der Waals surface area (Å²) < 4.78 is 1.62. The van der Waals surface area contributed by atoms with Crippen LogP contribution in [0.2, 0.25) is 0 Å². The van der Waals surface area contributed by atoms with E-state index >= 15 is 0 Å². The second-order valence-electron chi connectivity index (χ2n) is 6.10. The highest BCUT2D eigenvalue weighted by molar-refractivity contribution is 7.15. The molecule has 1 N–H and O–H groups in total. The molecule has 2 aromatic rings. The van der Waals surface area contributed by atoms with Gasteiger partial charge in [-0.3, -0.25) is 14.1 Å². The van der Waals surface area contributed by atoms with Crippen LogP contribution in [0.1, 0.15) is 31.4 Å². The molecule has 0 spiro atoms. The van der Waals surface area contributed by atoms with Gasteiger partial charge in [-0.1, -0.05) is 0 Å². The van der Waals surface area contributed by atoms with Crippen LogP contribution in [-0.2, 0) is 6.54 Å². The van der Waals surface area contributed by atoms with Gasteiger partial charge in [-0.2, -0.15) is 0 Å². The van der Waals surface area contributed by atoms with E-state index in [0.717, 1.165) is 30.3 Å². The first-order valence-electron chi connectivity index (χ1n) is 7.73. The van der Waals surface area contributed by atoms with Crippen LogP contribution >= 0.6 is 11.3 Å². The highest BCUT2D eigenvalue weighted by atomic mass is 32.1. The van der Waals surface area contributed by atoms with E-state index in [1.54, 1.807) is 16.7 Å². The van der Waals surface area contributed by atoms with Gasteiger partial charge in [-0.25, -0.2) is 4.98 Å².